The predicted octanol–water partition coefficient (Wildman–Crippen LogP) is 2.21. The van der Waals surface area contributed by atoms with Gasteiger partial charge >= 0.3 is 0 Å². The summed E-state index contributed by atoms with van der Waals surface area (Å²) in [4.78, 5) is 22.7. The number of guanidine groups is 1. The van der Waals surface area contributed by atoms with Crippen LogP contribution in [0.25, 0.3) is 0 Å². The minimum atomic E-state index is 0.0563. The van der Waals surface area contributed by atoms with Gasteiger partial charge in [-0.25, -0.2) is 4.99 Å². The van der Waals surface area contributed by atoms with E-state index < -0.39 is 0 Å². The Balaban J connectivity index is 1.82. The fourth-order valence-corrected chi connectivity index (χ4v) is 2.54. The lowest BCUT2D eigenvalue weighted by molar-refractivity contribution is 0.0773. The quantitative estimate of drug-likeness (QED) is 0.563. The first-order valence-corrected chi connectivity index (χ1v) is 8.96. The number of carbonyl (C=O) groups excluding carboxylic acids is 1. The summed E-state index contributed by atoms with van der Waals surface area (Å²) >= 11 is 0. The fourth-order valence-electron chi connectivity index (χ4n) is 2.54. The summed E-state index contributed by atoms with van der Waals surface area (Å²) in [6.45, 7) is 6.54. The number of benzene rings is 1. The summed E-state index contributed by atoms with van der Waals surface area (Å²) in [7, 11) is 0. The summed E-state index contributed by atoms with van der Waals surface area (Å²) in [6.07, 6.45) is 2.57. The van der Waals surface area contributed by atoms with Crippen molar-refractivity contribution < 1.29 is 4.79 Å². The number of nitrogens with two attached hydrogens (primary N) is 1. The number of rotatable bonds is 8. The molecule has 1 heterocycles. The van der Waals surface area contributed by atoms with Gasteiger partial charge in [0.1, 0.15) is 0 Å². The number of aliphatic imine (C=N–C) groups is 1. The van der Waals surface area contributed by atoms with Crippen LogP contribution in [0.1, 0.15) is 35.5 Å². The molecule has 0 radical (unpaired) electrons. The molecule has 0 bridgehead atoms. The number of pyridine rings is 1. The molecule has 0 spiro atoms. The molecule has 1 aromatic heterocycles. The van der Waals surface area contributed by atoms with Gasteiger partial charge in [-0.1, -0.05) is 18.2 Å². The molecule has 0 aliphatic rings. The standard InChI is InChI=1S/C20H27N5O/c1-3-25(4-2)19(26)17-10-8-16(9-11-17)15-24-20(21)23-14-12-18-7-5-6-13-22-18/h5-11,13H,3-4,12,14-15H2,1-2H3,(H3,21,23,24). The molecular weight excluding hydrogens is 326 g/mol. The van der Waals surface area contributed by atoms with E-state index in [4.69, 9.17) is 5.73 Å². The van der Waals surface area contributed by atoms with Crippen molar-refractivity contribution in [3.05, 3.63) is 65.5 Å². The maximum absolute atomic E-state index is 12.3. The molecule has 0 fully saturated rings. The maximum atomic E-state index is 12.3. The first-order chi connectivity index (χ1) is 12.6. The number of carbonyl (C=O) groups is 1. The van der Waals surface area contributed by atoms with E-state index >= 15 is 0 Å². The third-order valence-electron chi connectivity index (χ3n) is 4.10. The van der Waals surface area contributed by atoms with Gasteiger partial charge in [0.25, 0.3) is 5.91 Å². The van der Waals surface area contributed by atoms with Crippen LogP contribution >= 0.6 is 0 Å². The molecule has 0 saturated heterocycles. The molecular formula is C20H27N5O. The number of hydrogen-bond acceptors (Lipinski definition) is 3. The van der Waals surface area contributed by atoms with Crippen LogP contribution in [0.5, 0.6) is 0 Å². The summed E-state index contributed by atoms with van der Waals surface area (Å²) in [5, 5.41) is 3.09. The van der Waals surface area contributed by atoms with Crippen LogP contribution in [0, 0.1) is 0 Å². The number of hydrogen-bond donors (Lipinski definition) is 2. The highest BCUT2D eigenvalue weighted by atomic mass is 16.2. The van der Waals surface area contributed by atoms with Crippen molar-refractivity contribution in [2.75, 3.05) is 19.6 Å². The van der Waals surface area contributed by atoms with Gasteiger partial charge in [-0.3, -0.25) is 9.78 Å². The van der Waals surface area contributed by atoms with Crippen molar-refractivity contribution in [2.24, 2.45) is 10.7 Å². The molecule has 6 nitrogen and oxygen atoms in total. The molecule has 2 aromatic rings. The molecule has 0 saturated carbocycles. The maximum Gasteiger partial charge on any atom is 0.253 e. The lowest BCUT2D eigenvalue weighted by Gasteiger charge is -2.18. The first kappa shape index (κ1) is 19.4. The summed E-state index contributed by atoms with van der Waals surface area (Å²) in [6, 6.07) is 13.4. The van der Waals surface area contributed by atoms with Crippen molar-refractivity contribution in [3.63, 3.8) is 0 Å². The van der Waals surface area contributed by atoms with Gasteiger partial charge in [0, 0.05) is 43.5 Å². The highest BCUT2D eigenvalue weighted by molar-refractivity contribution is 5.94. The van der Waals surface area contributed by atoms with E-state index in [0.29, 0.717) is 37.7 Å². The summed E-state index contributed by atoms with van der Waals surface area (Å²) < 4.78 is 0. The van der Waals surface area contributed by atoms with E-state index in [1.165, 1.54) is 0 Å². The Morgan fingerprint density at radius 1 is 1.15 bits per heavy atom. The third kappa shape index (κ3) is 5.88. The van der Waals surface area contributed by atoms with Crippen molar-refractivity contribution in [2.45, 2.75) is 26.8 Å². The first-order valence-electron chi connectivity index (χ1n) is 8.96. The van der Waals surface area contributed by atoms with Crippen LogP contribution in [-0.2, 0) is 13.0 Å². The van der Waals surface area contributed by atoms with Crippen molar-refractivity contribution in [3.8, 4) is 0 Å². The fraction of sp³-hybridized carbons (Fsp3) is 0.350. The molecule has 0 atom stereocenters. The number of aromatic nitrogens is 1. The zero-order chi connectivity index (χ0) is 18.8. The molecule has 6 heteroatoms. The van der Waals surface area contributed by atoms with Crippen molar-refractivity contribution in [1.29, 1.82) is 0 Å². The number of nitrogens with zero attached hydrogens (tertiary/aromatic N) is 3. The third-order valence-corrected chi connectivity index (χ3v) is 4.10. The van der Waals surface area contributed by atoms with E-state index in [9.17, 15) is 4.79 Å². The predicted molar refractivity (Wildman–Crippen MR) is 105 cm³/mol. The smallest absolute Gasteiger partial charge is 0.253 e. The van der Waals surface area contributed by atoms with E-state index in [1.54, 1.807) is 11.1 Å². The van der Waals surface area contributed by atoms with E-state index in [0.717, 1.165) is 17.7 Å². The highest BCUT2D eigenvalue weighted by Gasteiger charge is 2.11. The molecule has 1 aromatic carbocycles. The number of nitrogens with one attached hydrogen (secondary N) is 1. The molecule has 0 unspecified atom stereocenters. The van der Waals surface area contributed by atoms with Crippen LogP contribution in [0.4, 0.5) is 0 Å². The van der Waals surface area contributed by atoms with Crippen LogP contribution in [0.15, 0.2) is 53.7 Å². The Morgan fingerprint density at radius 2 is 1.88 bits per heavy atom. The monoisotopic (exact) mass is 353 g/mol. The van der Waals surface area contributed by atoms with Gasteiger partial charge in [0.2, 0.25) is 0 Å². The normalized spacial score (nSPS) is 11.2. The Kier molecular flexibility index (Phi) is 7.61. The van der Waals surface area contributed by atoms with Gasteiger partial charge in [0.05, 0.1) is 6.54 Å². The molecule has 0 aliphatic carbocycles. The van der Waals surface area contributed by atoms with Gasteiger partial charge in [0.15, 0.2) is 5.96 Å². The zero-order valence-corrected chi connectivity index (χ0v) is 15.5. The second-order valence-corrected chi connectivity index (χ2v) is 5.87. The Hall–Kier alpha value is -2.89. The zero-order valence-electron chi connectivity index (χ0n) is 15.5. The summed E-state index contributed by atoms with van der Waals surface area (Å²) in [5.74, 6) is 0.463. The van der Waals surface area contributed by atoms with Crippen molar-refractivity contribution in [1.82, 2.24) is 15.2 Å². The van der Waals surface area contributed by atoms with Crippen LogP contribution < -0.4 is 11.1 Å². The average molecular weight is 353 g/mol. The van der Waals surface area contributed by atoms with Gasteiger partial charge in [-0.2, -0.15) is 0 Å². The van der Waals surface area contributed by atoms with Gasteiger partial charge < -0.3 is 16.0 Å². The second kappa shape index (κ2) is 10.2. The van der Waals surface area contributed by atoms with Crippen LogP contribution in [-0.4, -0.2) is 41.4 Å². The highest BCUT2D eigenvalue weighted by Crippen LogP contribution is 2.08. The van der Waals surface area contributed by atoms with E-state index in [2.05, 4.69) is 15.3 Å². The lowest BCUT2D eigenvalue weighted by atomic mass is 10.1. The Morgan fingerprint density at radius 3 is 2.50 bits per heavy atom. The van der Waals surface area contributed by atoms with Gasteiger partial charge in [-0.15, -0.1) is 0 Å². The second-order valence-electron chi connectivity index (χ2n) is 5.87. The molecule has 0 aliphatic heterocycles. The van der Waals surface area contributed by atoms with Gasteiger partial charge in [-0.05, 0) is 43.7 Å². The molecule has 1 amide bonds. The Bertz CT molecular complexity index is 709. The molecule has 2 rings (SSSR count). The SMILES string of the molecule is CCN(CC)C(=O)c1ccc(CN=C(N)NCCc2ccccn2)cc1. The molecule has 26 heavy (non-hydrogen) atoms. The van der Waals surface area contributed by atoms with Crippen molar-refractivity contribution >= 4 is 11.9 Å². The topological polar surface area (TPSA) is 83.6 Å². The van der Waals surface area contributed by atoms with E-state index in [1.807, 2.05) is 56.3 Å². The Labute approximate surface area is 155 Å². The summed E-state index contributed by atoms with van der Waals surface area (Å²) in [5.41, 5.74) is 8.62. The molecule has 138 valence electrons. The average Bonchev–Trinajstić information content (AvgIpc) is 2.68. The number of amides is 1. The van der Waals surface area contributed by atoms with E-state index in [-0.39, 0.29) is 5.91 Å². The lowest BCUT2D eigenvalue weighted by Crippen LogP contribution is -2.33. The minimum absolute atomic E-state index is 0.0563. The van der Waals surface area contributed by atoms with Crippen LogP contribution in [0.2, 0.25) is 0 Å². The molecule has 3 N–H and O–H groups in total. The van der Waals surface area contributed by atoms with Crippen LogP contribution in [0.3, 0.4) is 0 Å². The minimum Gasteiger partial charge on any atom is -0.370 e. The largest absolute Gasteiger partial charge is 0.370 e.